The molecule has 6 rings (SSSR count). The van der Waals surface area contributed by atoms with Crippen LogP contribution in [0.5, 0.6) is 11.5 Å². The van der Waals surface area contributed by atoms with Crippen LogP contribution >= 0.6 is 0 Å². The van der Waals surface area contributed by atoms with Crippen molar-refractivity contribution in [2.75, 3.05) is 30.6 Å². The highest BCUT2D eigenvalue weighted by Crippen LogP contribution is 2.49. The third-order valence-corrected chi connectivity index (χ3v) is 11.2. The molecule has 0 spiro atoms. The fourth-order valence-corrected chi connectivity index (χ4v) is 8.20. The molecular formula is C41H44N4O10. The summed E-state index contributed by atoms with van der Waals surface area (Å²) in [5, 5.41) is 32.6. The number of fused-ring (bicyclic) bond motifs is 2. The van der Waals surface area contributed by atoms with Gasteiger partial charge in [0.25, 0.3) is 11.4 Å². The highest BCUT2D eigenvalue weighted by atomic mass is 16.6. The van der Waals surface area contributed by atoms with Gasteiger partial charge in [0.2, 0.25) is 0 Å². The van der Waals surface area contributed by atoms with Gasteiger partial charge in [-0.15, -0.1) is 0 Å². The van der Waals surface area contributed by atoms with Gasteiger partial charge in [0.15, 0.2) is 10.9 Å². The number of ether oxygens (including phenoxy) is 2. The summed E-state index contributed by atoms with van der Waals surface area (Å²) in [6, 6.07) is 13.8. The minimum Gasteiger partial charge on any atom is -0.497 e. The molecule has 0 aromatic heterocycles. The quantitative estimate of drug-likeness (QED) is 0.105. The fourth-order valence-electron chi connectivity index (χ4n) is 8.20. The van der Waals surface area contributed by atoms with Crippen LogP contribution in [0.4, 0.5) is 22.7 Å². The summed E-state index contributed by atoms with van der Waals surface area (Å²) < 4.78 is 11.0. The van der Waals surface area contributed by atoms with E-state index in [4.69, 9.17) is 14.6 Å². The summed E-state index contributed by atoms with van der Waals surface area (Å²) >= 11 is 0. The lowest BCUT2D eigenvalue weighted by Crippen LogP contribution is -2.66. The largest absolute Gasteiger partial charge is 0.497 e. The lowest BCUT2D eigenvalue weighted by molar-refractivity contribution is -0.394. The molecule has 2 atom stereocenters. The van der Waals surface area contributed by atoms with Gasteiger partial charge in [0.1, 0.15) is 11.5 Å². The van der Waals surface area contributed by atoms with E-state index < -0.39 is 54.9 Å². The van der Waals surface area contributed by atoms with Crippen LogP contribution in [0.3, 0.4) is 0 Å². The van der Waals surface area contributed by atoms with E-state index in [2.05, 4.69) is 18.7 Å². The Morgan fingerprint density at radius 1 is 0.745 bits per heavy atom. The first-order valence-electron chi connectivity index (χ1n) is 18.1. The smallest absolute Gasteiger partial charge is 0.303 e. The Morgan fingerprint density at radius 2 is 1.22 bits per heavy atom. The number of rotatable bonds is 14. The minimum atomic E-state index is -0.839. The molecule has 0 fully saturated rings. The second-order valence-electron chi connectivity index (χ2n) is 15.3. The number of aliphatic carboxylic acids is 1. The highest BCUT2D eigenvalue weighted by molar-refractivity contribution is 5.72. The summed E-state index contributed by atoms with van der Waals surface area (Å²) in [5.74, 6) is 0.440. The van der Waals surface area contributed by atoms with Gasteiger partial charge in [0, 0.05) is 53.8 Å². The number of methoxy groups -OCH3 is 2. The monoisotopic (exact) mass is 752 g/mol. The van der Waals surface area contributed by atoms with Gasteiger partial charge in [-0.25, -0.2) is 0 Å². The normalized spacial score (nSPS) is 17.8. The van der Waals surface area contributed by atoms with E-state index >= 15 is 0 Å². The van der Waals surface area contributed by atoms with Crippen molar-refractivity contribution in [3.05, 3.63) is 122 Å². The molecule has 2 heterocycles. The highest BCUT2D eigenvalue weighted by Gasteiger charge is 2.45. The average molecular weight is 753 g/mol. The third-order valence-electron chi connectivity index (χ3n) is 11.2. The fraction of sp³-hybridized carbons (Fsp3) is 0.390. The van der Waals surface area contributed by atoms with E-state index in [0.717, 1.165) is 28.6 Å². The van der Waals surface area contributed by atoms with Crippen LogP contribution in [0.25, 0.3) is 12.2 Å². The first-order chi connectivity index (χ1) is 26.0. The SMILES string of the molecule is COc1ccc2c(c1)C(C)(C)C(C=c1c(=O)c(=CC3N(Cc4cc([N+](=O)[O-])cc([N+](=O)[O-])c4)c4ccc(OC)cc4C3(C)C)c1=O)N2CCCCCC(=O)O. The number of carbonyl (C=O) groups is 1. The maximum absolute atomic E-state index is 14.1. The molecule has 0 aliphatic carbocycles. The molecule has 55 heavy (non-hydrogen) atoms. The second-order valence-corrected chi connectivity index (χ2v) is 15.3. The number of carboxylic acid groups (broad SMARTS) is 1. The summed E-state index contributed by atoms with van der Waals surface area (Å²) in [6.45, 7) is 8.66. The van der Waals surface area contributed by atoms with E-state index in [9.17, 15) is 34.6 Å². The third kappa shape index (κ3) is 7.04. The molecular weight excluding hydrogens is 708 g/mol. The number of benzene rings is 3. The Balaban J connectivity index is 1.42. The Bertz CT molecular complexity index is 2330. The molecule has 14 heteroatoms. The summed E-state index contributed by atoms with van der Waals surface area (Å²) in [5.41, 5.74) is 1.01. The van der Waals surface area contributed by atoms with E-state index in [1.807, 2.05) is 49.1 Å². The first-order valence-corrected chi connectivity index (χ1v) is 18.1. The molecule has 14 nitrogen and oxygen atoms in total. The molecule has 4 aromatic carbocycles. The van der Waals surface area contributed by atoms with Crippen LogP contribution in [-0.4, -0.2) is 53.8 Å². The molecule has 0 radical (unpaired) electrons. The topological polar surface area (TPSA) is 183 Å². The number of unbranched alkanes of at least 4 members (excludes halogenated alkanes) is 2. The Morgan fingerprint density at radius 3 is 1.67 bits per heavy atom. The Hall–Kier alpha value is -6.05. The molecule has 0 bridgehead atoms. The van der Waals surface area contributed by atoms with Crippen LogP contribution in [0.15, 0.2) is 64.2 Å². The first kappa shape index (κ1) is 38.7. The van der Waals surface area contributed by atoms with Crippen LogP contribution in [0, 0.1) is 20.2 Å². The molecule has 1 N–H and O–H groups in total. The second kappa shape index (κ2) is 14.6. The van der Waals surface area contributed by atoms with Gasteiger partial charge in [-0.2, -0.15) is 0 Å². The summed E-state index contributed by atoms with van der Waals surface area (Å²) in [7, 11) is 3.14. The van der Waals surface area contributed by atoms with E-state index in [-0.39, 0.29) is 29.4 Å². The average Bonchev–Trinajstić information content (AvgIpc) is 3.48. The van der Waals surface area contributed by atoms with Gasteiger partial charge < -0.3 is 24.4 Å². The van der Waals surface area contributed by atoms with Crippen molar-refractivity contribution in [1.29, 1.82) is 0 Å². The molecule has 288 valence electrons. The minimum absolute atomic E-state index is 0.0181. The van der Waals surface area contributed by atoms with Gasteiger partial charge in [-0.1, -0.05) is 34.1 Å². The predicted molar refractivity (Wildman–Crippen MR) is 209 cm³/mol. The van der Waals surface area contributed by atoms with Gasteiger partial charge in [-0.3, -0.25) is 34.6 Å². The lowest BCUT2D eigenvalue weighted by atomic mass is 9.79. The van der Waals surface area contributed by atoms with Crippen molar-refractivity contribution >= 4 is 40.9 Å². The number of nitro benzene ring substituents is 2. The van der Waals surface area contributed by atoms with Gasteiger partial charge in [-0.05, 0) is 78.1 Å². The molecule has 0 saturated carbocycles. The zero-order chi connectivity index (χ0) is 40.0. The van der Waals surface area contributed by atoms with E-state index in [1.165, 1.54) is 12.1 Å². The number of nitrogens with zero attached hydrogens (tertiary/aromatic N) is 4. The number of hydrogen-bond acceptors (Lipinski definition) is 11. The Labute approximate surface area is 316 Å². The number of hydrogen-bond donors (Lipinski definition) is 1. The van der Waals surface area contributed by atoms with Crippen molar-refractivity contribution in [2.45, 2.75) is 82.8 Å². The number of non-ortho nitro benzene ring substituents is 2. The van der Waals surface area contributed by atoms with E-state index in [1.54, 1.807) is 32.4 Å². The summed E-state index contributed by atoms with van der Waals surface area (Å²) in [6.07, 6.45) is 5.46. The maximum atomic E-state index is 14.1. The molecule has 2 unspecified atom stereocenters. The molecule has 0 saturated heterocycles. The zero-order valence-electron chi connectivity index (χ0n) is 31.7. The summed E-state index contributed by atoms with van der Waals surface area (Å²) in [4.78, 5) is 65.3. The molecule has 0 amide bonds. The standard InChI is InChI=1S/C41H44N4O10/c1-40(2)31-19-27(54-5)11-13-33(31)42(15-9-7-8-10-37(46)47)35(40)21-29-38(48)30(39(29)49)22-36-41(3,4)32-20-28(55-6)12-14-34(32)43(36)23-24-16-25(44(50)51)18-26(17-24)45(52)53/h11-14,16-22,35-36H,7-10,15,23H2,1-6H3,(H,46,47). The molecule has 2 aliphatic rings. The number of carboxylic acids is 1. The van der Waals surface area contributed by atoms with Crippen molar-refractivity contribution in [3.63, 3.8) is 0 Å². The van der Waals surface area contributed by atoms with Crippen LogP contribution < -0.4 is 40.6 Å². The zero-order valence-corrected chi connectivity index (χ0v) is 31.7. The van der Waals surface area contributed by atoms with Gasteiger partial charge in [0.05, 0.1) is 52.7 Å². The lowest BCUT2D eigenvalue weighted by Gasteiger charge is -2.33. The maximum Gasteiger partial charge on any atom is 0.303 e. The van der Waals surface area contributed by atoms with Crippen molar-refractivity contribution < 1.29 is 29.2 Å². The van der Waals surface area contributed by atoms with Crippen LogP contribution in [0.1, 0.15) is 70.1 Å². The Kier molecular flexibility index (Phi) is 10.3. The van der Waals surface area contributed by atoms with Crippen LogP contribution in [-0.2, 0) is 22.2 Å². The number of anilines is 2. The van der Waals surface area contributed by atoms with Crippen molar-refractivity contribution in [2.24, 2.45) is 0 Å². The predicted octanol–water partition coefficient (Wildman–Crippen LogP) is 4.86. The van der Waals surface area contributed by atoms with E-state index in [0.29, 0.717) is 42.9 Å². The van der Waals surface area contributed by atoms with Crippen molar-refractivity contribution in [3.8, 4) is 11.5 Å². The molecule has 2 aliphatic heterocycles. The van der Waals surface area contributed by atoms with Gasteiger partial charge >= 0.3 is 5.97 Å². The molecule has 4 aromatic rings. The van der Waals surface area contributed by atoms with Crippen LogP contribution in [0.2, 0.25) is 0 Å². The van der Waals surface area contributed by atoms with Crippen molar-refractivity contribution in [1.82, 2.24) is 0 Å². The number of nitro groups is 2.